The molecule has 0 atom stereocenters. The normalized spacial score (nSPS) is 10.3. The van der Waals surface area contributed by atoms with E-state index in [0.29, 0.717) is 5.56 Å². The Balaban J connectivity index is 0.00000132. The summed E-state index contributed by atoms with van der Waals surface area (Å²) in [6.07, 6.45) is 6.47. The fourth-order valence-corrected chi connectivity index (χ4v) is 3.45. The van der Waals surface area contributed by atoms with Crippen molar-refractivity contribution in [2.75, 3.05) is 5.32 Å². The largest absolute Gasteiger partial charge is 0.331 e. The number of carbonyl (C=O) groups is 1. The predicted molar refractivity (Wildman–Crippen MR) is 128 cm³/mol. The molecule has 158 valence electrons. The Hall–Kier alpha value is -3.73. The molecule has 0 radical (unpaired) electrons. The molecular formula is C26H28N4O. The molecule has 4 rings (SSSR count). The van der Waals surface area contributed by atoms with E-state index in [1.807, 2.05) is 69.3 Å². The quantitative estimate of drug-likeness (QED) is 0.380. The first-order valence-electron chi connectivity index (χ1n) is 10.6. The van der Waals surface area contributed by atoms with Gasteiger partial charge in [0.2, 0.25) is 0 Å². The average Bonchev–Trinajstić information content (AvgIpc) is 3.20. The number of benzene rings is 2. The maximum Gasteiger partial charge on any atom is 0.255 e. The fourth-order valence-electron chi connectivity index (χ4n) is 3.45. The minimum atomic E-state index is -0.129. The Morgan fingerprint density at radius 2 is 1.87 bits per heavy atom. The van der Waals surface area contributed by atoms with Crippen molar-refractivity contribution >= 4 is 22.6 Å². The van der Waals surface area contributed by atoms with E-state index >= 15 is 0 Å². The summed E-state index contributed by atoms with van der Waals surface area (Å²) in [4.78, 5) is 21.4. The molecule has 1 N–H and O–H groups in total. The second-order valence-corrected chi connectivity index (χ2v) is 6.87. The van der Waals surface area contributed by atoms with Crippen LogP contribution in [0.2, 0.25) is 0 Å². The van der Waals surface area contributed by atoms with E-state index in [1.165, 1.54) is 0 Å². The number of hydrogen-bond acceptors (Lipinski definition) is 3. The second-order valence-electron chi connectivity index (χ2n) is 6.87. The number of anilines is 1. The van der Waals surface area contributed by atoms with Gasteiger partial charge < -0.3 is 9.88 Å². The van der Waals surface area contributed by atoms with Gasteiger partial charge in [-0.05, 0) is 43.2 Å². The Labute approximate surface area is 183 Å². The number of amides is 1. The molecule has 31 heavy (non-hydrogen) atoms. The summed E-state index contributed by atoms with van der Waals surface area (Å²) in [5.74, 6) is -0.129. The Bertz CT molecular complexity index is 1180. The first-order valence-corrected chi connectivity index (χ1v) is 10.6. The first-order chi connectivity index (χ1) is 15.2. The zero-order valence-electron chi connectivity index (χ0n) is 18.3. The van der Waals surface area contributed by atoms with Crippen LogP contribution in [0.3, 0.4) is 0 Å². The Morgan fingerprint density at radius 3 is 2.61 bits per heavy atom. The zero-order chi connectivity index (χ0) is 22.2. The van der Waals surface area contributed by atoms with Crippen molar-refractivity contribution in [3.63, 3.8) is 0 Å². The van der Waals surface area contributed by atoms with E-state index < -0.39 is 0 Å². The van der Waals surface area contributed by atoms with Crippen LogP contribution < -0.4 is 5.32 Å². The van der Waals surface area contributed by atoms with E-state index in [-0.39, 0.29) is 5.91 Å². The molecule has 0 aliphatic carbocycles. The molecule has 5 nitrogen and oxygen atoms in total. The van der Waals surface area contributed by atoms with Crippen LogP contribution in [0, 0.1) is 6.92 Å². The lowest BCUT2D eigenvalue weighted by Crippen LogP contribution is -2.11. The van der Waals surface area contributed by atoms with Crippen LogP contribution in [0.5, 0.6) is 0 Å². The molecule has 0 unspecified atom stereocenters. The average molecular weight is 413 g/mol. The monoisotopic (exact) mass is 412 g/mol. The van der Waals surface area contributed by atoms with E-state index in [1.54, 1.807) is 18.5 Å². The number of rotatable bonds is 6. The van der Waals surface area contributed by atoms with Gasteiger partial charge in [0.05, 0.1) is 5.69 Å². The van der Waals surface area contributed by atoms with Crippen LogP contribution in [-0.2, 0) is 6.54 Å². The fraction of sp³-hybridized carbons (Fsp3) is 0.192. The molecule has 0 aliphatic rings. The standard InChI is InChI=1S/C24H22N4O.C2H6/c1-3-4-13-28-15-21(22-17(2)25-16-26-23(22)28)19-11-8-12-20(14-19)27-24(29)18-9-6-5-7-10-18;1-2/h3,5-12,14-16H,1,4,13H2,2H3,(H,27,29);1-2H3. The van der Waals surface area contributed by atoms with Gasteiger partial charge in [0.25, 0.3) is 5.91 Å². The van der Waals surface area contributed by atoms with Crippen LogP contribution in [0.25, 0.3) is 22.2 Å². The molecule has 0 aliphatic heterocycles. The van der Waals surface area contributed by atoms with Gasteiger partial charge in [-0.3, -0.25) is 4.79 Å². The number of fused-ring (bicyclic) bond motifs is 1. The molecule has 0 saturated heterocycles. The molecule has 0 bridgehead atoms. The number of aromatic nitrogens is 3. The van der Waals surface area contributed by atoms with E-state index in [2.05, 4.69) is 32.6 Å². The molecule has 2 aromatic carbocycles. The van der Waals surface area contributed by atoms with Crippen molar-refractivity contribution in [3.8, 4) is 11.1 Å². The molecule has 2 heterocycles. The molecule has 0 spiro atoms. The molecule has 0 saturated carbocycles. The number of aryl methyl sites for hydroxylation is 2. The Kier molecular flexibility index (Phi) is 7.33. The van der Waals surface area contributed by atoms with Crippen LogP contribution in [0.1, 0.15) is 36.3 Å². The summed E-state index contributed by atoms with van der Waals surface area (Å²) in [5, 5.41) is 4.01. The summed E-state index contributed by atoms with van der Waals surface area (Å²) in [6, 6.07) is 17.1. The molecule has 4 aromatic rings. The predicted octanol–water partition coefficient (Wildman–Crippen LogP) is 6.26. The number of nitrogens with zero attached hydrogens (tertiary/aromatic N) is 3. The first kappa shape index (κ1) is 22.0. The molecular weight excluding hydrogens is 384 g/mol. The summed E-state index contributed by atoms with van der Waals surface area (Å²) >= 11 is 0. The van der Waals surface area contributed by atoms with Gasteiger partial charge in [0.1, 0.15) is 12.0 Å². The summed E-state index contributed by atoms with van der Waals surface area (Å²) in [5.41, 5.74) is 5.28. The van der Waals surface area contributed by atoms with Gasteiger partial charge in [-0.15, -0.1) is 6.58 Å². The third-order valence-electron chi connectivity index (χ3n) is 4.88. The maximum absolute atomic E-state index is 12.5. The smallest absolute Gasteiger partial charge is 0.255 e. The summed E-state index contributed by atoms with van der Waals surface area (Å²) in [6.45, 7) is 10.6. The third kappa shape index (κ3) is 4.89. The minimum absolute atomic E-state index is 0.129. The van der Waals surface area contributed by atoms with Gasteiger partial charge in [-0.2, -0.15) is 0 Å². The van der Waals surface area contributed by atoms with E-state index in [0.717, 1.165) is 46.5 Å². The van der Waals surface area contributed by atoms with Crippen LogP contribution >= 0.6 is 0 Å². The highest BCUT2D eigenvalue weighted by molar-refractivity contribution is 6.05. The number of allylic oxidation sites excluding steroid dienone is 1. The topological polar surface area (TPSA) is 59.8 Å². The van der Waals surface area contributed by atoms with Crippen LogP contribution in [0.15, 0.2) is 79.8 Å². The van der Waals surface area contributed by atoms with Crippen molar-refractivity contribution < 1.29 is 4.79 Å². The van der Waals surface area contributed by atoms with Crippen molar-refractivity contribution in [1.82, 2.24) is 14.5 Å². The number of carbonyl (C=O) groups excluding carboxylic acids is 1. The SMILES string of the molecule is C=CCCn1cc(-c2cccc(NC(=O)c3ccccc3)c2)c2c(C)ncnc21.CC. The minimum Gasteiger partial charge on any atom is -0.331 e. The molecule has 1 amide bonds. The molecule has 0 fully saturated rings. The summed E-state index contributed by atoms with van der Waals surface area (Å²) in [7, 11) is 0. The zero-order valence-corrected chi connectivity index (χ0v) is 18.3. The second kappa shape index (κ2) is 10.3. The van der Waals surface area contributed by atoms with Gasteiger partial charge in [0.15, 0.2) is 0 Å². The van der Waals surface area contributed by atoms with Crippen LogP contribution in [0.4, 0.5) is 5.69 Å². The maximum atomic E-state index is 12.5. The lowest BCUT2D eigenvalue weighted by atomic mass is 10.0. The van der Waals surface area contributed by atoms with E-state index in [9.17, 15) is 4.79 Å². The number of hydrogen-bond donors (Lipinski definition) is 1. The van der Waals surface area contributed by atoms with Crippen molar-refractivity contribution in [2.24, 2.45) is 0 Å². The number of nitrogens with one attached hydrogen (secondary N) is 1. The lowest BCUT2D eigenvalue weighted by Gasteiger charge is -2.08. The lowest BCUT2D eigenvalue weighted by molar-refractivity contribution is 0.102. The van der Waals surface area contributed by atoms with Crippen molar-refractivity contribution in [1.29, 1.82) is 0 Å². The Morgan fingerprint density at radius 1 is 1.10 bits per heavy atom. The molecule has 5 heteroatoms. The van der Waals surface area contributed by atoms with E-state index in [4.69, 9.17) is 0 Å². The highest BCUT2D eigenvalue weighted by Crippen LogP contribution is 2.32. The van der Waals surface area contributed by atoms with Gasteiger partial charge in [-0.25, -0.2) is 9.97 Å². The van der Waals surface area contributed by atoms with Crippen LogP contribution in [-0.4, -0.2) is 20.4 Å². The highest BCUT2D eigenvalue weighted by Gasteiger charge is 2.15. The van der Waals surface area contributed by atoms with Crippen molar-refractivity contribution in [2.45, 2.75) is 33.7 Å². The molecule has 2 aromatic heterocycles. The van der Waals surface area contributed by atoms with Gasteiger partial charge in [-0.1, -0.05) is 50.3 Å². The van der Waals surface area contributed by atoms with Crippen molar-refractivity contribution in [3.05, 3.63) is 91.0 Å². The van der Waals surface area contributed by atoms with Gasteiger partial charge >= 0.3 is 0 Å². The highest BCUT2D eigenvalue weighted by atomic mass is 16.1. The summed E-state index contributed by atoms with van der Waals surface area (Å²) < 4.78 is 2.14. The van der Waals surface area contributed by atoms with Gasteiger partial charge in [0, 0.05) is 34.9 Å². The third-order valence-corrected chi connectivity index (χ3v) is 4.88.